The minimum atomic E-state index is -0.204. The molecule has 7 heteroatoms. The van der Waals surface area contributed by atoms with Crippen LogP contribution in [-0.2, 0) is 25.9 Å². The summed E-state index contributed by atoms with van der Waals surface area (Å²) in [6, 6.07) is 6.63. The summed E-state index contributed by atoms with van der Waals surface area (Å²) in [6.07, 6.45) is 1.66. The quantitative estimate of drug-likeness (QED) is 0.483. The number of guanidine groups is 1. The lowest BCUT2D eigenvalue weighted by atomic mass is 10.1. The van der Waals surface area contributed by atoms with Crippen molar-refractivity contribution in [3.8, 4) is 0 Å². The summed E-state index contributed by atoms with van der Waals surface area (Å²) in [5.74, 6) is 1.49. The molecule has 0 unspecified atom stereocenters. The monoisotopic (exact) mass is 389 g/mol. The van der Waals surface area contributed by atoms with Crippen molar-refractivity contribution in [3.63, 3.8) is 0 Å². The largest absolute Gasteiger partial charge is 0.361 e. The van der Waals surface area contributed by atoms with Gasteiger partial charge in [-0.3, -0.25) is 0 Å². The van der Waals surface area contributed by atoms with Crippen molar-refractivity contribution in [1.82, 2.24) is 20.7 Å². The summed E-state index contributed by atoms with van der Waals surface area (Å²) in [5.41, 5.74) is 3.17. The normalized spacial score (nSPS) is 11.9. The van der Waals surface area contributed by atoms with Gasteiger partial charge in [-0.15, -0.1) is 0 Å². The average molecular weight is 390 g/mol. The number of aryl methyl sites for hydroxylation is 2. The van der Waals surface area contributed by atoms with Crippen LogP contribution in [0.2, 0.25) is 0 Å². The van der Waals surface area contributed by atoms with E-state index in [4.69, 9.17) is 9.52 Å². The number of halogens is 1. The summed E-state index contributed by atoms with van der Waals surface area (Å²) in [7, 11) is 2.05. The van der Waals surface area contributed by atoms with Gasteiger partial charge < -0.3 is 20.1 Å². The molecule has 1 aromatic carbocycles. The SMILES string of the molecule is CCNC(=NCc1c(CC)noc1CC)NCCN(C)Cc1ccc(F)cc1. The average Bonchev–Trinajstić information content (AvgIpc) is 3.10. The topological polar surface area (TPSA) is 65.7 Å². The summed E-state index contributed by atoms with van der Waals surface area (Å²) in [5, 5.41) is 10.8. The Hall–Kier alpha value is -2.41. The van der Waals surface area contributed by atoms with Crippen LogP contribution in [0.1, 0.15) is 43.4 Å². The number of likely N-dealkylation sites (N-methyl/N-ethyl adjacent to an activating group) is 1. The first kappa shape index (κ1) is 21.9. The van der Waals surface area contributed by atoms with Crippen LogP contribution in [0.3, 0.4) is 0 Å². The van der Waals surface area contributed by atoms with Gasteiger partial charge in [0.2, 0.25) is 0 Å². The lowest BCUT2D eigenvalue weighted by Crippen LogP contribution is -2.40. The molecule has 2 rings (SSSR count). The van der Waals surface area contributed by atoms with E-state index >= 15 is 0 Å². The molecule has 0 atom stereocenters. The number of benzene rings is 1. The smallest absolute Gasteiger partial charge is 0.191 e. The molecule has 0 spiro atoms. The van der Waals surface area contributed by atoms with E-state index in [-0.39, 0.29) is 5.82 Å². The number of nitrogens with one attached hydrogen (secondary N) is 2. The number of aromatic nitrogens is 1. The maximum Gasteiger partial charge on any atom is 0.191 e. The van der Waals surface area contributed by atoms with Crippen molar-refractivity contribution in [2.75, 3.05) is 26.7 Å². The Morgan fingerprint density at radius 1 is 1.14 bits per heavy atom. The minimum absolute atomic E-state index is 0.204. The minimum Gasteiger partial charge on any atom is -0.361 e. The van der Waals surface area contributed by atoms with Crippen LogP contribution in [0.5, 0.6) is 0 Å². The fourth-order valence-corrected chi connectivity index (χ4v) is 2.96. The van der Waals surface area contributed by atoms with Gasteiger partial charge in [0.05, 0.1) is 12.2 Å². The molecule has 0 aliphatic rings. The van der Waals surface area contributed by atoms with Gasteiger partial charge in [0.25, 0.3) is 0 Å². The molecule has 0 saturated heterocycles. The molecule has 0 bridgehead atoms. The summed E-state index contributed by atoms with van der Waals surface area (Å²) < 4.78 is 18.4. The fraction of sp³-hybridized carbons (Fsp3) is 0.524. The molecule has 1 heterocycles. The van der Waals surface area contributed by atoms with E-state index in [0.29, 0.717) is 6.54 Å². The zero-order valence-electron chi connectivity index (χ0n) is 17.4. The molecular formula is C21H32FN5O. The second-order valence-corrected chi connectivity index (χ2v) is 6.72. The van der Waals surface area contributed by atoms with Crippen LogP contribution in [0.15, 0.2) is 33.8 Å². The van der Waals surface area contributed by atoms with Gasteiger partial charge in [-0.2, -0.15) is 0 Å². The molecular weight excluding hydrogens is 357 g/mol. The van der Waals surface area contributed by atoms with Crippen molar-refractivity contribution in [2.24, 2.45) is 4.99 Å². The summed E-state index contributed by atoms with van der Waals surface area (Å²) in [4.78, 5) is 6.89. The van der Waals surface area contributed by atoms with E-state index in [2.05, 4.69) is 34.5 Å². The lowest BCUT2D eigenvalue weighted by Gasteiger charge is -2.18. The predicted molar refractivity (Wildman–Crippen MR) is 111 cm³/mol. The molecule has 0 saturated carbocycles. The van der Waals surface area contributed by atoms with Crippen LogP contribution >= 0.6 is 0 Å². The van der Waals surface area contributed by atoms with Gasteiger partial charge in [0.1, 0.15) is 11.6 Å². The molecule has 0 radical (unpaired) electrons. The molecule has 154 valence electrons. The van der Waals surface area contributed by atoms with Crippen molar-refractivity contribution >= 4 is 5.96 Å². The second kappa shape index (κ2) is 11.4. The highest BCUT2D eigenvalue weighted by Crippen LogP contribution is 2.16. The Bertz CT molecular complexity index is 720. The van der Waals surface area contributed by atoms with E-state index in [1.807, 2.05) is 26.1 Å². The van der Waals surface area contributed by atoms with E-state index in [0.717, 1.165) is 67.6 Å². The molecule has 0 amide bonds. The highest BCUT2D eigenvalue weighted by molar-refractivity contribution is 5.79. The summed E-state index contributed by atoms with van der Waals surface area (Å²) >= 11 is 0. The number of hydrogen-bond donors (Lipinski definition) is 2. The van der Waals surface area contributed by atoms with Gasteiger partial charge >= 0.3 is 0 Å². The fourth-order valence-electron chi connectivity index (χ4n) is 2.96. The zero-order chi connectivity index (χ0) is 20.4. The molecule has 0 aliphatic heterocycles. The Morgan fingerprint density at radius 3 is 2.54 bits per heavy atom. The lowest BCUT2D eigenvalue weighted by molar-refractivity contribution is 0.331. The maximum absolute atomic E-state index is 13.0. The van der Waals surface area contributed by atoms with E-state index < -0.39 is 0 Å². The molecule has 6 nitrogen and oxygen atoms in total. The first-order valence-corrected chi connectivity index (χ1v) is 9.98. The van der Waals surface area contributed by atoms with E-state index in [1.165, 1.54) is 12.1 Å². The Morgan fingerprint density at radius 2 is 1.89 bits per heavy atom. The van der Waals surface area contributed by atoms with Gasteiger partial charge in [-0.25, -0.2) is 9.38 Å². The van der Waals surface area contributed by atoms with Crippen LogP contribution in [0, 0.1) is 5.82 Å². The third kappa shape index (κ3) is 6.64. The standard InChI is InChI=1S/C21H32FN5O/c1-5-19-18(20(6-2)28-26-19)14-25-21(23-7-3)24-12-13-27(4)15-16-8-10-17(22)11-9-16/h8-11H,5-7,12-15H2,1-4H3,(H2,23,24,25). The van der Waals surface area contributed by atoms with Crippen molar-refractivity contribution in [1.29, 1.82) is 0 Å². The van der Waals surface area contributed by atoms with Gasteiger partial charge in [0, 0.05) is 38.2 Å². The first-order valence-electron chi connectivity index (χ1n) is 9.98. The molecule has 28 heavy (non-hydrogen) atoms. The highest BCUT2D eigenvalue weighted by Gasteiger charge is 2.13. The molecule has 2 aromatic rings. The van der Waals surface area contributed by atoms with Crippen molar-refractivity contribution < 1.29 is 8.91 Å². The van der Waals surface area contributed by atoms with E-state index in [9.17, 15) is 4.39 Å². The second-order valence-electron chi connectivity index (χ2n) is 6.72. The molecule has 2 N–H and O–H groups in total. The number of aliphatic imine (C=N–C) groups is 1. The maximum atomic E-state index is 13.0. The number of rotatable bonds is 10. The molecule has 0 aliphatic carbocycles. The Balaban J connectivity index is 1.87. The van der Waals surface area contributed by atoms with Crippen LogP contribution in [0.4, 0.5) is 4.39 Å². The molecule has 0 fully saturated rings. The predicted octanol–water partition coefficient (Wildman–Crippen LogP) is 3.13. The van der Waals surface area contributed by atoms with Gasteiger partial charge in [-0.05, 0) is 38.1 Å². The van der Waals surface area contributed by atoms with E-state index in [1.54, 1.807) is 0 Å². The van der Waals surface area contributed by atoms with Crippen LogP contribution < -0.4 is 10.6 Å². The van der Waals surface area contributed by atoms with Gasteiger partial charge in [-0.1, -0.05) is 31.1 Å². The first-order chi connectivity index (χ1) is 13.6. The summed E-state index contributed by atoms with van der Waals surface area (Å²) in [6.45, 7) is 9.91. The number of hydrogen-bond acceptors (Lipinski definition) is 4. The zero-order valence-corrected chi connectivity index (χ0v) is 17.4. The Labute approximate surface area is 167 Å². The van der Waals surface area contributed by atoms with Crippen LogP contribution in [0.25, 0.3) is 0 Å². The van der Waals surface area contributed by atoms with Crippen molar-refractivity contribution in [2.45, 2.75) is 46.7 Å². The van der Waals surface area contributed by atoms with Crippen molar-refractivity contribution in [3.05, 3.63) is 52.7 Å². The third-order valence-electron chi connectivity index (χ3n) is 4.50. The highest BCUT2D eigenvalue weighted by atomic mass is 19.1. The Kier molecular flexibility index (Phi) is 8.94. The van der Waals surface area contributed by atoms with Gasteiger partial charge in [0.15, 0.2) is 5.96 Å². The molecule has 1 aromatic heterocycles. The number of nitrogens with zero attached hydrogens (tertiary/aromatic N) is 3. The van der Waals surface area contributed by atoms with Crippen LogP contribution in [-0.4, -0.2) is 42.7 Å². The third-order valence-corrected chi connectivity index (χ3v) is 4.50.